The van der Waals surface area contributed by atoms with Gasteiger partial charge in [-0.1, -0.05) is 6.07 Å². The van der Waals surface area contributed by atoms with Crippen molar-refractivity contribution in [3.8, 4) is 0 Å². The number of amides is 1. The van der Waals surface area contributed by atoms with Crippen LogP contribution in [0.5, 0.6) is 0 Å². The van der Waals surface area contributed by atoms with Crippen molar-refractivity contribution in [2.24, 2.45) is 0 Å². The zero-order chi connectivity index (χ0) is 9.52. The van der Waals surface area contributed by atoms with Crippen LogP contribution in [-0.2, 0) is 11.3 Å². The highest BCUT2D eigenvalue weighted by atomic mass is 16.5. The van der Waals surface area contributed by atoms with E-state index in [1.807, 2.05) is 6.07 Å². The van der Waals surface area contributed by atoms with Crippen molar-refractivity contribution in [3.63, 3.8) is 0 Å². The first-order chi connectivity index (χ1) is 6.33. The average molecular weight is 179 g/mol. The van der Waals surface area contributed by atoms with Gasteiger partial charge in [-0.2, -0.15) is 0 Å². The number of nitrogens with one attached hydrogen (secondary N) is 1. The molecule has 0 unspecified atom stereocenters. The van der Waals surface area contributed by atoms with Crippen LogP contribution < -0.4 is 5.32 Å². The summed E-state index contributed by atoms with van der Waals surface area (Å²) in [6.07, 6.45) is 3.96. The maximum absolute atomic E-state index is 10.8. The van der Waals surface area contributed by atoms with Gasteiger partial charge in [-0.15, -0.1) is 0 Å². The largest absolute Gasteiger partial charge is 0.450 e. The van der Waals surface area contributed by atoms with Crippen LogP contribution in [0.25, 0.3) is 0 Å². The lowest BCUT2D eigenvalue weighted by Gasteiger charge is -2.03. The van der Waals surface area contributed by atoms with Crippen LogP contribution in [0.2, 0.25) is 0 Å². The molecule has 1 heterocycles. The molecule has 0 saturated carbocycles. The zero-order valence-electron chi connectivity index (χ0n) is 7.41. The Bertz CT molecular complexity index is 262. The van der Waals surface area contributed by atoms with Gasteiger partial charge in [0.05, 0.1) is 12.8 Å². The molecular formula is C9H11N2O2. The second-order valence-electron chi connectivity index (χ2n) is 2.35. The van der Waals surface area contributed by atoms with Gasteiger partial charge in [0.25, 0.3) is 0 Å². The van der Waals surface area contributed by atoms with Crippen molar-refractivity contribution in [1.29, 1.82) is 0 Å². The molecule has 13 heavy (non-hydrogen) atoms. The van der Waals surface area contributed by atoms with E-state index in [2.05, 4.69) is 21.2 Å². The SMILES string of the molecule is CCOC(=O)NCc1[c]nccc1. The number of nitrogens with zero attached hydrogens (tertiary/aromatic N) is 1. The number of ether oxygens (including phenoxy) is 1. The van der Waals surface area contributed by atoms with Crippen molar-refractivity contribution >= 4 is 6.09 Å². The standard InChI is InChI=1S/C9H11N2O2/c1-2-13-9(12)11-7-8-4-3-5-10-6-8/h3-5H,2,7H2,1H3,(H,11,12). The van der Waals surface area contributed by atoms with E-state index in [9.17, 15) is 4.79 Å². The summed E-state index contributed by atoms with van der Waals surface area (Å²) in [6.45, 7) is 2.53. The molecule has 0 fully saturated rings. The number of hydrogen-bond donors (Lipinski definition) is 1. The Kier molecular flexibility index (Phi) is 3.75. The number of carbonyl (C=O) groups excluding carboxylic acids is 1. The van der Waals surface area contributed by atoms with Crippen molar-refractivity contribution in [1.82, 2.24) is 10.3 Å². The van der Waals surface area contributed by atoms with E-state index in [-0.39, 0.29) is 0 Å². The maximum atomic E-state index is 10.8. The fraction of sp³-hybridized carbons (Fsp3) is 0.333. The molecule has 0 atom stereocenters. The zero-order valence-corrected chi connectivity index (χ0v) is 7.41. The molecule has 0 aliphatic rings. The van der Waals surface area contributed by atoms with Gasteiger partial charge in [-0.05, 0) is 18.6 Å². The lowest BCUT2D eigenvalue weighted by Crippen LogP contribution is -2.23. The van der Waals surface area contributed by atoms with E-state index in [1.165, 1.54) is 0 Å². The maximum Gasteiger partial charge on any atom is 0.407 e. The van der Waals surface area contributed by atoms with Crippen LogP contribution in [0.1, 0.15) is 12.5 Å². The summed E-state index contributed by atoms with van der Waals surface area (Å²) < 4.78 is 4.68. The fourth-order valence-electron chi connectivity index (χ4n) is 0.808. The summed E-state index contributed by atoms with van der Waals surface area (Å²) in [6, 6.07) is 3.62. The Balaban J connectivity index is 2.31. The lowest BCUT2D eigenvalue weighted by atomic mass is 10.3. The van der Waals surface area contributed by atoms with Gasteiger partial charge in [0.1, 0.15) is 0 Å². The van der Waals surface area contributed by atoms with Crippen molar-refractivity contribution in [2.75, 3.05) is 6.61 Å². The number of carbonyl (C=O) groups is 1. The summed E-state index contributed by atoms with van der Waals surface area (Å²) >= 11 is 0. The molecule has 1 amide bonds. The quantitative estimate of drug-likeness (QED) is 0.756. The van der Waals surface area contributed by atoms with Gasteiger partial charge >= 0.3 is 6.09 Å². The van der Waals surface area contributed by atoms with Gasteiger partial charge in [-0.3, -0.25) is 4.98 Å². The van der Waals surface area contributed by atoms with Gasteiger partial charge < -0.3 is 10.1 Å². The minimum atomic E-state index is -0.417. The Morgan fingerprint density at radius 3 is 3.23 bits per heavy atom. The van der Waals surface area contributed by atoms with E-state index in [1.54, 1.807) is 19.2 Å². The summed E-state index contributed by atoms with van der Waals surface area (Å²) in [7, 11) is 0. The van der Waals surface area contributed by atoms with Gasteiger partial charge in [-0.25, -0.2) is 4.79 Å². The van der Waals surface area contributed by atoms with E-state index >= 15 is 0 Å². The van der Waals surface area contributed by atoms with Gasteiger partial charge in [0.15, 0.2) is 0 Å². The second kappa shape index (κ2) is 5.13. The van der Waals surface area contributed by atoms with Crippen LogP contribution in [0.15, 0.2) is 18.3 Å². The molecule has 0 bridgehead atoms. The molecule has 0 aliphatic carbocycles. The number of alkyl carbamates (subject to hydrolysis) is 1. The predicted molar refractivity (Wildman–Crippen MR) is 46.9 cm³/mol. The third kappa shape index (κ3) is 3.55. The molecule has 1 radical (unpaired) electrons. The molecule has 0 spiro atoms. The minimum Gasteiger partial charge on any atom is -0.450 e. The van der Waals surface area contributed by atoms with Crippen LogP contribution in [0, 0.1) is 6.20 Å². The Morgan fingerprint density at radius 2 is 2.62 bits per heavy atom. The third-order valence-electron chi connectivity index (χ3n) is 1.36. The summed E-state index contributed by atoms with van der Waals surface area (Å²) in [5.41, 5.74) is 0.829. The molecule has 1 rings (SSSR count). The van der Waals surface area contributed by atoms with Crippen molar-refractivity contribution in [3.05, 3.63) is 30.1 Å². The number of hydrogen-bond acceptors (Lipinski definition) is 3. The fourth-order valence-corrected chi connectivity index (χ4v) is 0.808. The smallest absolute Gasteiger partial charge is 0.407 e. The molecule has 0 aromatic carbocycles. The molecule has 1 aromatic rings. The molecule has 69 valence electrons. The average Bonchev–Trinajstić information content (AvgIpc) is 2.17. The third-order valence-corrected chi connectivity index (χ3v) is 1.36. The Morgan fingerprint density at radius 1 is 1.77 bits per heavy atom. The van der Waals surface area contributed by atoms with Crippen molar-refractivity contribution < 1.29 is 9.53 Å². The molecular weight excluding hydrogens is 168 g/mol. The first-order valence-electron chi connectivity index (χ1n) is 4.05. The first-order valence-corrected chi connectivity index (χ1v) is 4.05. The number of pyridine rings is 1. The molecule has 0 saturated heterocycles. The van der Waals surface area contributed by atoms with E-state index in [0.717, 1.165) is 5.56 Å². The molecule has 0 aliphatic heterocycles. The summed E-state index contributed by atoms with van der Waals surface area (Å²) in [4.78, 5) is 14.6. The summed E-state index contributed by atoms with van der Waals surface area (Å²) in [5.74, 6) is 0. The monoisotopic (exact) mass is 179 g/mol. The van der Waals surface area contributed by atoms with E-state index < -0.39 is 6.09 Å². The highest BCUT2D eigenvalue weighted by Gasteiger charge is 1.99. The lowest BCUT2D eigenvalue weighted by molar-refractivity contribution is 0.151. The number of rotatable bonds is 3. The van der Waals surface area contributed by atoms with Crippen molar-refractivity contribution in [2.45, 2.75) is 13.5 Å². The minimum absolute atomic E-state index is 0.378. The Labute approximate surface area is 76.9 Å². The Hall–Kier alpha value is -1.58. The van der Waals surface area contributed by atoms with Crippen LogP contribution in [0.3, 0.4) is 0 Å². The van der Waals surface area contributed by atoms with E-state index in [4.69, 9.17) is 0 Å². The van der Waals surface area contributed by atoms with Gasteiger partial charge in [0.2, 0.25) is 0 Å². The van der Waals surface area contributed by atoms with E-state index in [0.29, 0.717) is 13.2 Å². The second-order valence-corrected chi connectivity index (χ2v) is 2.35. The highest BCUT2D eigenvalue weighted by molar-refractivity contribution is 5.67. The molecule has 4 heteroatoms. The molecule has 1 aromatic heterocycles. The highest BCUT2D eigenvalue weighted by Crippen LogP contribution is 1.93. The van der Waals surface area contributed by atoms with Crippen LogP contribution in [-0.4, -0.2) is 17.7 Å². The summed E-state index contributed by atoms with van der Waals surface area (Å²) in [5, 5.41) is 2.57. The topological polar surface area (TPSA) is 51.2 Å². The van der Waals surface area contributed by atoms with Crippen LogP contribution in [0.4, 0.5) is 4.79 Å². The van der Waals surface area contributed by atoms with Crippen LogP contribution >= 0.6 is 0 Å². The predicted octanol–water partition coefficient (Wildman–Crippen LogP) is 1.13. The number of aromatic nitrogens is 1. The van der Waals surface area contributed by atoms with Gasteiger partial charge in [0, 0.05) is 12.7 Å². The molecule has 4 nitrogen and oxygen atoms in total. The normalized spacial score (nSPS) is 9.31. The first kappa shape index (κ1) is 9.51. The molecule has 1 N–H and O–H groups in total.